The number of likely N-dealkylation sites (N-methyl/N-ethyl adjacent to an activating group) is 1. The molecule has 234 valence electrons. The van der Waals surface area contributed by atoms with Crippen LogP contribution in [0.1, 0.15) is 69.8 Å². The number of nitrogens with zero attached hydrogens (tertiary/aromatic N) is 4. The lowest BCUT2D eigenvalue weighted by Crippen LogP contribution is -2.38. The minimum Gasteiger partial charge on any atom is -0.492 e. The van der Waals surface area contributed by atoms with Crippen LogP contribution in [0, 0.1) is 26.2 Å². The number of carboxylic acid groups (broad SMARTS) is 1. The van der Waals surface area contributed by atoms with Gasteiger partial charge in [-0.3, -0.25) is 14.8 Å². The summed E-state index contributed by atoms with van der Waals surface area (Å²) in [5.41, 5.74) is 7.45. The topological polar surface area (TPSA) is 99.0 Å². The summed E-state index contributed by atoms with van der Waals surface area (Å²) in [4.78, 5) is 25.6. The highest BCUT2D eigenvalue weighted by Crippen LogP contribution is 2.39. The molecular formula is C35H50N4O4. The van der Waals surface area contributed by atoms with Crippen LogP contribution in [0.15, 0.2) is 42.7 Å². The highest BCUT2D eigenvalue weighted by Gasteiger charge is 2.29. The first-order valence-electron chi connectivity index (χ1n) is 15.1. The van der Waals surface area contributed by atoms with E-state index in [1.807, 2.05) is 38.5 Å². The largest absolute Gasteiger partial charge is 0.492 e. The van der Waals surface area contributed by atoms with Gasteiger partial charge in [0.25, 0.3) is 0 Å². The number of pyridine rings is 2. The van der Waals surface area contributed by atoms with E-state index in [1.54, 1.807) is 20.8 Å². The van der Waals surface area contributed by atoms with E-state index in [0.717, 1.165) is 72.1 Å². The number of rotatable bonds is 9. The average molecular weight is 591 g/mol. The Balaban J connectivity index is 0.000000934. The number of aromatic nitrogens is 2. The zero-order valence-electron chi connectivity index (χ0n) is 27.5. The second-order valence-electron chi connectivity index (χ2n) is 13.4. The van der Waals surface area contributed by atoms with Gasteiger partial charge in [0, 0.05) is 43.2 Å². The number of ether oxygens (including phenoxy) is 1. The summed E-state index contributed by atoms with van der Waals surface area (Å²) >= 11 is 0. The number of aliphatic hydroxyl groups is 1. The van der Waals surface area contributed by atoms with Gasteiger partial charge in [0.1, 0.15) is 12.4 Å². The lowest BCUT2D eigenvalue weighted by atomic mass is 9.82. The van der Waals surface area contributed by atoms with Crippen molar-refractivity contribution in [3.05, 3.63) is 65.1 Å². The SMILES string of the molecule is CC(C)(C)O.Cc1ccc(OCCN(C)c2ccc(-c3cnc(C)c(CC(=O)O)c3N3CCC(C)(C)CC3)nc2)cc1C. The average Bonchev–Trinajstić information content (AvgIpc) is 2.91. The summed E-state index contributed by atoms with van der Waals surface area (Å²) in [5.74, 6) is 0.0335. The standard InChI is InChI=1S/C31H40N4O3.C4H10O/c1-21-7-9-25(17-22(21)2)38-16-15-34(6)24-8-10-28(33-19-24)27-20-32-23(3)26(18-29(36)37)30(27)35-13-11-31(4,5)12-14-35;1-4(2,3)5/h7-10,17,19-20H,11-16,18H2,1-6H3,(H,36,37);5H,1-3H3. The minimum atomic E-state index is -0.849. The molecule has 8 nitrogen and oxygen atoms in total. The number of anilines is 2. The van der Waals surface area contributed by atoms with E-state index in [0.29, 0.717) is 6.61 Å². The van der Waals surface area contributed by atoms with Crippen LogP contribution in [-0.4, -0.2) is 65.0 Å². The van der Waals surface area contributed by atoms with E-state index in [2.05, 4.69) is 60.7 Å². The Morgan fingerprint density at radius 3 is 2.23 bits per heavy atom. The van der Waals surface area contributed by atoms with Crippen molar-refractivity contribution in [1.82, 2.24) is 9.97 Å². The molecular weight excluding hydrogens is 540 g/mol. The molecule has 0 atom stereocenters. The molecule has 2 N–H and O–H groups in total. The fraction of sp³-hybridized carbons (Fsp3) is 0.514. The number of piperidine rings is 1. The second kappa shape index (κ2) is 14.2. The Labute approximate surface area is 257 Å². The second-order valence-corrected chi connectivity index (χ2v) is 13.4. The van der Waals surface area contributed by atoms with Crippen molar-refractivity contribution < 1.29 is 19.7 Å². The monoisotopic (exact) mass is 590 g/mol. The van der Waals surface area contributed by atoms with Crippen LogP contribution in [0.5, 0.6) is 5.75 Å². The number of carbonyl (C=O) groups is 1. The molecule has 43 heavy (non-hydrogen) atoms. The van der Waals surface area contributed by atoms with Gasteiger partial charge in [-0.1, -0.05) is 19.9 Å². The third kappa shape index (κ3) is 10.2. The van der Waals surface area contributed by atoms with Crippen LogP contribution in [-0.2, 0) is 11.2 Å². The molecule has 0 amide bonds. The maximum atomic E-state index is 11.8. The Hall–Kier alpha value is -3.65. The molecule has 1 aliphatic rings. The molecule has 3 heterocycles. The lowest BCUT2D eigenvalue weighted by molar-refractivity contribution is -0.136. The molecule has 4 rings (SSSR count). The van der Waals surface area contributed by atoms with E-state index in [-0.39, 0.29) is 11.8 Å². The van der Waals surface area contributed by atoms with E-state index >= 15 is 0 Å². The summed E-state index contributed by atoms with van der Waals surface area (Å²) in [6.45, 7) is 19.0. The quantitative estimate of drug-likeness (QED) is 0.287. The number of benzene rings is 1. The van der Waals surface area contributed by atoms with Crippen molar-refractivity contribution in [2.45, 2.75) is 80.3 Å². The van der Waals surface area contributed by atoms with Crippen LogP contribution < -0.4 is 14.5 Å². The van der Waals surface area contributed by atoms with Crippen molar-refractivity contribution in [1.29, 1.82) is 0 Å². The third-order valence-corrected chi connectivity index (χ3v) is 7.76. The zero-order chi connectivity index (χ0) is 31.9. The molecule has 1 saturated heterocycles. The number of carboxylic acids is 1. The van der Waals surface area contributed by atoms with Gasteiger partial charge in [-0.25, -0.2) is 0 Å². The first-order chi connectivity index (χ1) is 20.0. The molecule has 0 unspecified atom stereocenters. The van der Waals surface area contributed by atoms with Crippen molar-refractivity contribution in [2.24, 2.45) is 5.41 Å². The Kier molecular flexibility index (Phi) is 11.2. The van der Waals surface area contributed by atoms with Gasteiger partial charge in [0.15, 0.2) is 0 Å². The summed E-state index contributed by atoms with van der Waals surface area (Å²) in [7, 11) is 2.03. The van der Waals surface area contributed by atoms with Crippen molar-refractivity contribution in [2.75, 3.05) is 43.1 Å². The first kappa shape index (κ1) is 33.8. The van der Waals surface area contributed by atoms with Gasteiger partial charge < -0.3 is 24.7 Å². The molecule has 0 spiro atoms. The molecule has 3 aromatic rings. The van der Waals surface area contributed by atoms with E-state index < -0.39 is 11.6 Å². The Morgan fingerprint density at radius 1 is 1.02 bits per heavy atom. The minimum absolute atomic E-state index is 0.0524. The van der Waals surface area contributed by atoms with E-state index in [9.17, 15) is 9.90 Å². The van der Waals surface area contributed by atoms with Crippen LogP contribution in [0.3, 0.4) is 0 Å². The fourth-order valence-corrected chi connectivity index (χ4v) is 4.89. The summed E-state index contributed by atoms with van der Waals surface area (Å²) in [6, 6.07) is 10.2. The Bertz CT molecular complexity index is 1360. The fourth-order valence-electron chi connectivity index (χ4n) is 4.89. The highest BCUT2D eigenvalue weighted by atomic mass is 16.5. The summed E-state index contributed by atoms with van der Waals surface area (Å²) < 4.78 is 5.96. The van der Waals surface area contributed by atoms with Gasteiger partial charge in [0.2, 0.25) is 0 Å². The highest BCUT2D eigenvalue weighted by molar-refractivity contribution is 5.83. The maximum Gasteiger partial charge on any atom is 0.307 e. The van der Waals surface area contributed by atoms with Crippen LogP contribution in [0.4, 0.5) is 11.4 Å². The zero-order valence-corrected chi connectivity index (χ0v) is 27.5. The summed E-state index contributed by atoms with van der Waals surface area (Å²) in [5, 5.41) is 18.2. The van der Waals surface area contributed by atoms with Gasteiger partial charge in [-0.15, -0.1) is 0 Å². The number of aliphatic carboxylic acids is 1. The molecule has 8 heteroatoms. The molecule has 1 aromatic carbocycles. The predicted molar refractivity (Wildman–Crippen MR) is 175 cm³/mol. The molecule has 0 bridgehead atoms. The predicted octanol–water partition coefficient (Wildman–Crippen LogP) is 6.61. The molecule has 0 radical (unpaired) electrons. The number of hydrogen-bond donors (Lipinski definition) is 2. The first-order valence-corrected chi connectivity index (χ1v) is 15.1. The van der Waals surface area contributed by atoms with E-state index in [1.165, 1.54) is 11.1 Å². The van der Waals surface area contributed by atoms with Gasteiger partial charge in [-0.2, -0.15) is 0 Å². The lowest BCUT2D eigenvalue weighted by Gasteiger charge is -2.40. The normalized spacial score (nSPS) is 14.5. The van der Waals surface area contributed by atoms with Crippen molar-refractivity contribution in [3.63, 3.8) is 0 Å². The third-order valence-electron chi connectivity index (χ3n) is 7.76. The van der Waals surface area contributed by atoms with Crippen LogP contribution in [0.25, 0.3) is 11.3 Å². The van der Waals surface area contributed by atoms with Crippen LogP contribution in [0.2, 0.25) is 0 Å². The molecule has 0 saturated carbocycles. The molecule has 0 aliphatic carbocycles. The summed E-state index contributed by atoms with van der Waals surface area (Å²) in [6.07, 6.45) is 5.77. The maximum absolute atomic E-state index is 11.8. The van der Waals surface area contributed by atoms with Crippen LogP contribution >= 0.6 is 0 Å². The number of aryl methyl sites for hydroxylation is 3. The van der Waals surface area contributed by atoms with Gasteiger partial charge in [0.05, 0.1) is 41.8 Å². The molecule has 1 fully saturated rings. The van der Waals surface area contributed by atoms with Gasteiger partial charge in [-0.05, 0) is 95.2 Å². The number of hydrogen-bond acceptors (Lipinski definition) is 7. The van der Waals surface area contributed by atoms with Crippen molar-refractivity contribution in [3.8, 4) is 17.0 Å². The van der Waals surface area contributed by atoms with E-state index in [4.69, 9.17) is 14.8 Å². The molecule has 2 aromatic heterocycles. The smallest absolute Gasteiger partial charge is 0.307 e. The Morgan fingerprint density at radius 2 is 1.67 bits per heavy atom. The van der Waals surface area contributed by atoms with Crippen molar-refractivity contribution >= 4 is 17.3 Å². The molecule has 1 aliphatic heterocycles. The van der Waals surface area contributed by atoms with Gasteiger partial charge >= 0.3 is 5.97 Å².